The molecule has 0 bridgehead atoms. The van der Waals surface area contributed by atoms with Gasteiger partial charge >= 0.3 is 0 Å². The monoisotopic (exact) mass is 360 g/mol. The Morgan fingerprint density at radius 1 is 1.11 bits per heavy atom. The highest BCUT2D eigenvalue weighted by atomic mass is 16.6. The largest absolute Gasteiger partial charge is 0.490 e. The zero-order chi connectivity index (χ0) is 18.2. The molecule has 0 fully saturated rings. The molecule has 5 rings (SSSR count). The molecule has 1 aliphatic carbocycles. The van der Waals surface area contributed by atoms with Gasteiger partial charge in [0.2, 0.25) is 0 Å². The minimum Gasteiger partial charge on any atom is -0.490 e. The maximum atomic E-state index is 11.3. The Balaban J connectivity index is 1.23. The predicted molar refractivity (Wildman–Crippen MR) is 101 cm³/mol. The molecule has 3 aromatic rings. The second-order valence-corrected chi connectivity index (χ2v) is 7.11. The van der Waals surface area contributed by atoms with Crippen molar-refractivity contribution < 1.29 is 9.47 Å². The summed E-state index contributed by atoms with van der Waals surface area (Å²) in [4.78, 5) is 15.2. The van der Waals surface area contributed by atoms with Crippen molar-refractivity contribution in [3.8, 4) is 11.8 Å². The van der Waals surface area contributed by atoms with E-state index in [1.807, 2.05) is 16.7 Å². The lowest BCUT2D eigenvalue weighted by molar-refractivity contribution is 0.143. The molecule has 0 amide bonds. The summed E-state index contributed by atoms with van der Waals surface area (Å²) in [6.07, 6.45) is 3.88. The number of fused-ring (bicyclic) bond motifs is 2. The highest BCUT2D eigenvalue weighted by Gasteiger charge is 2.25. The van der Waals surface area contributed by atoms with E-state index in [0.29, 0.717) is 25.1 Å². The van der Waals surface area contributed by atoms with Crippen LogP contribution in [0, 0.1) is 0 Å². The molecule has 0 saturated carbocycles. The minimum atomic E-state index is -0.285. The quantitative estimate of drug-likeness (QED) is 0.717. The Morgan fingerprint density at radius 2 is 1.96 bits per heavy atom. The van der Waals surface area contributed by atoms with Gasteiger partial charge in [-0.3, -0.25) is 9.36 Å². The first-order chi connectivity index (χ1) is 13.3. The minimum absolute atomic E-state index is 0.138. The van der Waals surface area contributed by atoms with Crippen LogP contribution in [0.5, 0.6) is 11.8 Å². The molecule has 5 nitrogen and oxygen atoms in total. The standard InChI is InChI=1S/C22H20N2O3/c25-21-11-12-24-13-18(27-22(24)23-21)14-26-17-8-5-16(6-9-17)20-10-7-15-3-1-2-4-19(15)20/h1-6,8-9,11-12,18,20H,7,10,13-14H2. The number of ether oxygens (including phenoxy) is 2. The van der Waals surface area contributed by atoms with Gasteiger partial charge in [0.05, 0.1) is 6.54 Å². The molecule has 0 radical (unpaired) electrons. The van der Waals surface area contributed by atoms with Gasteiger partial charge in [0.15, 0.2) is 6.10 Å². The van der Waals surface area contributed by atoms with Gasteiger partial charge in [-0.2, -0.15) is 4.98 Å². The molecule has 27 heavy (non-hydrogen) atoms. The number of rotatable bonds is 4. The average molecular weight is 360 g/mol. The Bertz CT molecular complexity index is 1030. The van der Waals surface area contributed by atoms with E-state index in [2.05, 4.69) is 41.4 Å². The summed E-state index contributed by atoms with van der Waals surface area (Å²) in [5.74, 6) is 1.30. The molecule has 136 valence electrons. The summed E-state index contributed by atoms with van der Waals surface area (Å²) in [6, 6.07) is 18.9. The van der Waals surface area contributed by atoms with Crippen molar-refractivity contribution in [2.45, 2.75) is 31.4 Å². The third-order valence-corrected chi connectivity index (χ3v) is 5.37. The molecule has 1 aliphatic heterocycles. The number of nitrogens with zero attached hydrogens (tertiary/aromatic N) is 2. The first-order valence-electron chi connectivity index (χ1n) is 9.31. The lowest BCUT2D eigenvalue weighted by Gasteiger charge is -2.14. The summed E-state index contributed by atoms with van der Waals surface area (Å²) in [7, 11) is 0. The van der Waals surface area contributed by atoms with Crippen molar-refractivity contribution in [1.29, 1.82) is 0 Å². The molecule has 0 N–H and O–H groups in total. The molecule has 1 aromatic heterocycles. The predicted octanol–water partition coefficient (Wildman–Crippen LogP) is 3.16. The van der Waals surface area contributed by atoms with Crippen LogP contribution >= 0.6 is 0 Å². The molecule has 2 aromatic carbocycles. The molecular weight excluding hydrogens is 340 g/mol. The first-order valence-corrected chi connectivity index (χ1v) is 9.31. The zero-order valence-electron chi connectivity index (χ0n) is 14.9. The fourth-order valence-electron chi connectivity index (χ4n) is 4.03. The van der Waals surface area contributed by atoms with Crippen LogP contribution in [0.1, 0.15) is 29.0 Å². The van der Waals surface area contributed by atoms with Crippen LogP contribution in [-0.2, 0) is 13.0 Å². The normalized spacial score (nSPS) is 20.0. The smallest absolute Gasteiger partial charge is 0.300 e. The molecular formula is C22H20N2O3. The van der Waals surface area contributed by atoms with Crippen LogP contribution < -0.4 is 15.0 Å². The Kier molecular flexibility index (Phi) is 3.93. The molecule has 5 heteroatoms. The van der Waals surface area contributed by atoms with E-state index < -0.39 is 0 Å². The van der Waals surface area contributed by atoms with Gasteiger partial charge < -0.3 is 9.47 Å². The van der Waals surface area contributed by atoms with Crippen molar-refractivity contribution in [2.24, 2.45) is 0 Å². The van der Waals surface area contributed by atoms with Crippen LogP contribution in [0.25, 0.3) is 0 Å². The molecule has 2 unspecified atom stereocenters. The first kappa shape index (κ1) is 16.1. The van der Waals surface area contributed by atoms with E-state index >= 15 is 0 Å². The number of benzene rings is 2. The van der Waals surface area contributed by atoms with E-state index in [1.165, 1.54) is 29.2 Å². The number of aryl methyl sites for hydroxylation is 1. The molecule has 2 aliphatic rings. The zero-order valence-corrected chi connectivity index (χ0v) is 14.9. The molecule has 0 saturated heterocycles. The van der Waals surface area contributed by atoms with Crippen LogP contribution in [0.2, 0.25) is 0 Å². The fraction of sp³-hybridized carbons (Fsp3) is 0.273. The summed E-state index contributed by atoms with van der Waals surface area (Å²) in [5, 5.41) is 0. The van der Waals surface area contributed by atoms with Gasteiger partial charge in [0.1, 0.15) is 12.4 Å². The van der Waals surface area contributed by atoms with Gasteiger partial charge in [0, 0.05) is 18.2 Å². The summed E-state index contributed by atoms with van der Waals surface area (Å²) >= 11 is 0. The summed E-state index contributed by atoms with van der Waals surface area (Å²) in [5.41, 5.74) is 3.96. The summed E-state index contributed by atoms with van der Waals surface area (Å²) < 4.78 is 13.4. The van der Waals surface area contributed by atoms with Crippen LogP contribution in [0.3, 0.4) is 0 Å². The lowest BCUT2D eigenvalue weighted by Crippen LogP contribution is -2.23. The van der Waals surface area contributed by atoms with E-state index in [9.17, 15) is 4.79 Å². The maximum Gasteiger partial charge on any atom is 0.300 e. The number of aromatic nitrogens is 2. The van der Waals surface area contributed by atoms with Gasteiger partial charge in [-0.15, -0.1) is 0 Å². The topological polar surface area (TPSA) is 53.4 Å². The van der Waals surface area contributed by atoms with Crippen LogP contribution in [0.4, 0.5) is 0 Å². The molecule has 0 spiro atoms. The Hall–Kier alpha value is -3.08. The third kappa shape index (κ3) is 3.10. The highest BCUT2D eigenvalue weighted by molar-refractivity contribution is 5.43. The fourth-order valence-corrected chi connectivity index (χ4v) is 4.03. The SMILES string of the molecule is O=c1ccn2c(n1)OC(COc1ccc(C3CCc4ccccc43)cc1)C2. The second kappa shape index (κ2) is 6.58. The van der Waals surface area contributed by atoms with E-state index in [4.69, 9.17) is 9.47 Å². The van der Waals surface area contributed by atoms with Gasteiger partial charge in [-0.05, 0) is 41.7 Å². The Morgan fingerprint density at radius 3 is 2.85 bits per heavy atom. The number of hydrogen-bond donors (Lipinski definition) is 0. The van der Waals surface area contributed by atoms with Crippen LogP contribution in [0.15, 0.2) is 65.6 Å². The van der Waals surface area contributed by atoms with E-state index in [0.717, 1.165) is 12.2 Å². The average Bonchev–Trinajstić information content (AvgIpc) is 3.30. The number of hydrogen-bond acceptors (Lipinski definition) is 4. The maximum absolute atomic E-state index is 11.3. The van der Waals surface area contributed by atoms with E-state index in [1.54, 1.807) is 6.20 Å². The molecule has 2 heterocycles. The lowest BCUT2D eigenvalue weighted by atomic mass is 9.93. The van der Waals surface area contributed by atoms with E-state index in [-0.39, 0.29) is 11.7 Å². The van der Waals surface area contributed by atoms with Crippen LogP contribution in [-0.4, -0.2) is 22.3 Å². The molecule has 2 atom stereocenters. The van der Waals surface area contributed by atoms with Crippen molar-refractivity contribution in [3.63, 3.8) is 0 Å². The summed E-state index contributed by atoms with van der Waals surface area (Å²) in [6.45, 7) is 1.06. The third-order valence-electron chi connectivity index (χ3n) is 5.37. The van der Waals surface area contributed by atoms with Crippen molar-refractivity contribution in [2.75, 3.05) is 6.61 Å². The highest BCUT2D eigenvalue weighted by Crippen LogP contribution is 2.38. The van der Waals surface area contributed by atoms with Gasteiger partial charge in [-0.25, -0.2) is 0 Å². The second-order valence-electron chi connectivity index (χ2n) is 7.11. The van der Waals surface area contributed by atoms with Crippen molar-refractivity contribution in [1.82, 2.24) is 9.55 Å². The van der Waals surface area contributed by atoms with Crippen molar-refractivity contribution >= 4 is 0 Å². The Labute approximate surface area is 157 Å². The van der Waals surface area contributed by atoms with Gasteiger partial charge in [-0.1, -0.05) is 36.4 Å². The van der Waals surface area contributed by atoms with Gasteiger partial charge in [0.25, 0.3) is 11.6 Å². The van der Waals surface area contributed by atoms with Crippen molar-refractivity contribution in [3.05, 3.63) is 87.8 Å².